The van der Waals surface area contributed by atoms with Crippen LogP contribution in [0.3, 0.4) is 0 Å². The first-order chi connectivity index (χ1) is 17.2. The number of hydrogen-bond donors (Lipinski definition) is 1. The lowest BCUT2D eigenvalue weighted by molar-refractivity contribution is -0.144. The maximum absolute atomic E-state index is 13.3. The van der Waals surface area contributed by atoms with Crippen LogP contribution in [0.4, 0.5) is 0 Å². The molecule has 2 aliphatic rings. The van der Waals surface area contributed by atoms with Gasteiger partial charge in [0.05, 0.1) is 11.5 Å². The number of benzene rings is 3. The molecule has 184 valence electrons. The number of Topliss-reactive ketones (excluding diaryl/α,β-unsaturated/α-hetero) is 1. The van der Waals surface area contributed by atoms with E-state index >= 15 is 0 Å². The summed E-state index contributed by atoms with van der Waals surface area (Å²) in [6, 6.07) is 20.1. The molecule has 3 aromatic rings. The van der Waals surface area contributed by atoms with Gasteiger partial charge in [-0.2, -0.15) is 0 Å². The lowest BCUT2D eigenvalue weighted by Gasteiger charge is -2.24. The minimum absolute atomic E-state index is 0.0757. The highest BCUT2D eigenvalue weighted by atomic mass is 35.5. The number of aliphatic carboxylic acids is 1. The molecule has 0 radical (unpaired) electrons. The lowest BCUT2D eigenvalue weighted by Crippen LogP contribution is -2.39. The summed E-state index contributed by atoms with van der Waals surface area (Å²) in [6.45, 7) is -0.272. The van der Waals surface area contributed by atoms with Crippen molar-refractivity contribution in [3.8, 4) is 11.1 Å². The third-order valence-corrected chi connectivity index (χ3v) is 9.13. The number of carbonyl (C=O) groups excluding carboxylic acids is 2. The fraction of sp³-hybridized carbons (Fsp3) is 0.222. The summed E-state index contributed by atoms with van der Waals surface area (Å²) in [5, 5.41) is 10.6. The van der Waals surface area contributed by atoms with Crippen molar-refractivity contribution in [2.45, 2.75) is 17.7 Å². The van der Waals surface area contributed by atoms with Crippen LogP contribution < -0.4 is 0 Å². The Morgan fingerprint density at radius 3 is 2.14 bits per heavy atom. The fourth-order valence-corrected chi connectivity index (χ4v) is 7.01. The monoisotopic (exact) mass is 523 g/mol. The average Bonchev–Trinajstić information content (AvgIpc) is 3.38. The fourth-order valence-electron chi connectivity index (χ4n) is 5.26. The van der Waals surface area contributed by atoms with Crippen LogP contribution in [0.15, 0.2) is 77.7 Å². The molecule has 1 fully saturated rings. The second-order valence-corrected chi connectivity index (χ2v) is 11.4. The molecular formula is C27H22ClNO6S. The van der Waals surface area contributed by atoms with Crippen molar-refractivity contribution >= 4 is 39.3 Å². The molecular weight excluding hydrogens is 502 g/mol. The molecule has 3 atom stereocenters. The van der Waals surface area contributed by atoms with Crippen LogP contribution in [-0.4, -0.2) is 42.0 Å². The molecule has 1 saturated carbocycles. The van der Waals surface area contributed by atoms with Crippen molar-refractivity contribution in [2.75, 3.05) is 6.54 Å². The standard InChI is InChI=1S/C27H22ClNO6S/c28-20-12-9-17(10-13-20)16-5-7-18(8-6-16)25(30)22-14-11-19(24(22)27(32)33)15-29-26(31)21-3-1-2-4-23(21)36(29,34)35/h1-10,12-13,19,22,24H,11,14-15H2,(H,32,33)/t19-,22-,24-/m1/s1. The number of ketones is 1. The Balaban J connectivity index is 1.36. The molecule has 3 aromatic carbocycles. The molecule has 0 bridgehead atoms. The highest BCUT2D eigenvalue weighted by Crippen LogP contribution is 2.42. The van der Waals surface area contributed by atoms with Gasteiger partial charge in [0.2, 0.25) is 0 Å². The molecule has 36 heavy (non-hydrogen) atoms. The Bertz CT molecular complexity index is 1470. The molecule has 1 aliphatic heterocycles. The van der Waals surface area contributed by atoms with E-state index in [9.17, 15) is 27.9 Å². The third-order valence-electron chi connectivity index (χ3n) is 7.07. The minimum Gasteiger partial charge on any atom is -0.481 e. The summed E-state index contributed by atoms with van der Waals surface area (Å²) in [5.74, 6) is -4.71. The molecule has 5 rings (SSSR count). The zero-order valence-corrected chi connectivity index (χ0v) is 20.6. The third kappa shape index (κ3) is 4.10. The van der Waals surface area contributed by atoms with Crippen molar-refractivity contribution in [1.82, 2.24) is 4.31 Å². The summed E-state index contributed by atoms with van der Waals surface area (Å²) in [4.78, 5) is 38.3. The van der Waals surface area contributed by atoms with E-state index in [1.165, 1.54) is 18.2 Å². The Hall–Kier alpha value is -3.49. The number of carboxylic acids is 1. The number of hydrogen-bond acceptors (Lipinski definition) is 5. The molecule has 1 N–H and O–H groups in total. The number of rotatable bonds is 6. The predicted molar refractivity (Wildman–Crippen MR) is 133 cm³/mol. The van der Waals surface area contributed by atoms with Crippen molar-refractivity contribution in [3.63, 3.8) is 0 Å². The van der Waals surface area contributed by atoms with E-state index in [1.807, 2.05) is 12.1 Å². The number of amides is 1. The second kappa shape index (κ2) is 9.19. The molecule has 0 aromatic heterocycles. The lowest BCUT2D eigenvalue weighted by atomic mass is 9.84. The summed E-state index contributed by atoms with van der Waals surface area (Å²) in [6.07, 6.45) is 0.625. The first-order valence-electron chi connectivity index (χ1n) is 11.5. The van der Waals surface area contributed by atoms with Crippen LogP contribution in [-0.2, 0) is 14.8 Å². The summed E-state index contributed by atoms with van der Waals surface area (Å²) >= 11 is 5.94. The normalized spacial score (nSPS) is 22.4. The molecule has 0 spiro atoms. The summed E-state index contributed by atoms with van der Waals surface area (Å²) in [7, 11) is -4.06. The number of fused-ring (bicyclic) bond motifs is 1. The van der Waals surface area contributed by atoms with Gasteiger partial charge in [-0.05, 0) is 54.2 Å². The highest BCUT2D eigenvalue weighted by molar-refractivity contribution is 7.90. The number of carbonyl (C=O) groups is 3. The Morgan fingerprint density at radius 1 is 0.917 bits per heavy atom. The van der Waals surface area contributed by atoms with Gasteiger partial charge < -0.3 is 5.11 Å². The molecule has 0 unspecified atom stereocenters. The highest BCUT2D eigenvalue weighted by Gasteiger charge is 2.49. The van der Waals surface area contributed by atoms with Crippen LogP contribution >= 0.6 is 11.6 Å². The van der Waals surface area contributed by atoms with Gasteiger partial charge in [-0.15, -0.1) is 0 Å². The van der Waals surface area contributed by atoms with Crippen molar-refractivity contribution in [1.29, 1.82) is 0 Å². The SMILES string of the molecule is O=C(O)[C@@H]1[C@@H](CN2C(=O)c3ccccc3S2(=O)=O)CC[C@H]1C(=O)c1ccc(-c2ccc(Cl)cc2)cc1. The van der Waals surface area contributed by atoms with Gasteiger partial charge in [-0.3, -0.25) is 14.4 Å². The molecule has 1 heterocycles. The van der Waals surface area contributed by atoms with Gasteiger partial charge in [0.15, 0.2) is 5.78 Å². The number of nitrogens with zero attached hydrogens (tertiary/aromatic N) is 1. The molecule has 7 nitrogen and oxygen atoms in total. The second-order valence-electron chi connectivity index (χ2n) is 9.09. The maximum Gasteiger partial charge on any atom is 0.307 e. The summed E-state index contributed by atoms with van der Waals surface area (Å²) in [5.41, 5.74) is 2.29. The van der Waals surface area contributed by atoms with Crippen molar-refractivity contribution in [2.24, 2.45) is 17.8 Å². The van der Waals surface area contributed by atoms with E-state index in [4.69, 9.17) is 11.6 Å². The van der Waals surface area contributed by atoms with Gasteiger partial charge in [0.25, 0.3) is 15.9 Å². The van der Waals surface area contributed by atoms with E-state index in [-0.39, 0.29) is 22.8 Å². The molecule has 1 aliphatic carbocycles. The smallest absolute Gasteiger partial charge is 0.307 e. The van der Waals surface area contributed by atoms with Crippen LogP contribution in [0.25, 0.3) is 11.1 Å². The van der Waals surface area contributed by atoms with E-state index in [2.05, 4.69) is 0 Å². The topological polar surface area (TPSA) is 109 Å². The van der Waals surface area contributed by atoms with Crippen LogP contribution in [0.2, 0.25) is 5.02 Å². The Morgan fingerprint density at radius 2 is 1.53 bits per heavy atom. The largest absolute Gasteiger partial charge is 0.481 e. The Labute approximate surface area is 213 Å². The van der Waals surface area contributed by atoms with Crippen LogP contribution in [0.1, 0.15) is 33.6 Å². The van der Waals surface area contributed by atoms with E-state index in [0.29, 0.717) is 23.4 Å². The Kier molecular flexibility index (Phi) is 6.18. The summed E-state index contributed by atoms with van der Waals surface area (Å²) < 4.78 is 26.6. The van der Waals surface area contributed by atoms with Crippen molar-refractivity contribution in [3.05, 3.63) is 88.9 Å². The first-order valence-corrected chi connectivity index (χ1v) is 13.3. The first kappa shape index (κ1) is 24.2. The van der Waals surface area contributed by atoms with Gasteiger partial charge in [0.1, 0.15) is 4.90 Å². The van der Waals surface area contributed by atoms with E-state index < -0.39 is 39.7 Å². The number of sulfonamides is 1. The van der Waals surface area contributed by atoms with Gasteiger partial charge in [-0.1, -0.05) is 60.1 Å². The quantitative estimate of drug-likeness (QED) is 0.466. The molecule has 1 amide bonds. The molecule has 9 heteroatoms. The average molecular weight is 524 g/mol. The van der Waals surface area contributed by atoms with Gasteiger partial charge in [0, 0.05) is 23.0 Å². The van der Waals surface area contributed by atoms with Crippen LogP contribution in [0.5, 0.6) is 0 Å². The minimum atomic E-state index is -4.06. The number of carboxylic acid groups (broad SMARTS) is 1. The van der Waals surface area contributed by atoms with E-state index in [0.717, 1.165) is 15.4 Å². The zero-order chi connectivity index (χ0) is 25.6. The zero-order valence-electron chi connectivity index (χ0n) is 19.0. The van der Waals surface area contributed by atoms with Crippen LogP contribution in [0, 0.1) is 17.8 Å². The predicted octanol–water partition coefficient (Wildman–Crippen LogP) is 4.76. The van der Waals surface area contributed by atoms with E-state index in [1.54, 1.807) is 42.5 Å². The molecule has 0 saturated heterocycles. The van der Waals surface area contributed by atoms with Crippen molar-refractivity contribution < 1.29 is 27.9 Å². The van der Waals surface area contributed by atoms with Gasteiger partial charge in [-0.25, -0.2) is 12.7 Å². The number of halogens is 1. The maximum atomic E-state index is 13.3. The van der Waals surface area contributed by atoms with Gasteiger partial charge >= 0.3 is 5.97 Å².